The highest BCUT2D eigenvalue weighted by Crippen LogP contribution is 2.28. The molecule has 0 aliphatic rings. The Morgan fingerprint density at radius 1 is 1.43 bits per heavy atom. The van der Waals surface area contributed by atoms with E-state index in [2.05, 4.69) is 24.1 Å². The lowest BCUT2D eigenvalue weighted by Crippen LogP contribution is -2.22. The summed E-state index contributed by atoms with van der Waals surface area (Å²) < 4.78 is 0.991. The molecule has 2 aromatic rings. The Labute approximate surface area is 133 Å². The summed E-state index contributed by atoms with van der Waals surface area (Å²) in [5.41, 5.74) is 7.33. The Bertz CT molecular complexity index is 624. The lowest BCUT2D eigenvalue weighted by Gasteiger charge is -2.11. The van der Waals surface area contributed by atoms with Gasteiger partial charge in [0, 0.05) is 5.69 Å². The van der Waals surface area contributed by atoms with Crippen molar-refractivity contribution in [3.8, 4) is 0 Å². The van der Waals surface area contributed by atoms with Crippen LogP contribution >= 0.6 is 23.1 Å². The van der Waals surface area contributed by atoms with Gasteiger partial charge in [0.2, 0.25) is 5.91 Å². The standard InChI is InChI=1S/C15H21N3OS2/c1-9(2)6-7-20-10(3)14(19)18-15-17-12-5-4-11(16)8-13(12)21-15/h4-5,8-10H,6-7,16H2,1-3H3,(H,17,18,19). The molecule has 0 aliphatic heterocycles. The first-order valence-electron chi connectivity index (χ1n) is 7.04. The first kappa shape index (κ1) is 16.1. The SMILES string of the molecule is CC(C)CCSC(C)C(=O)Nc1nc2ccc(N)cc2s1. The van der Waals surface area contributed by atoms with E-state index in [9.17, 15) is 4.79 Å². The Hall–Kier alpha value is -1.27. The monoisotopic (exact) mass is 323 g/mol. The summed E-state index contributed by atoms with van der Waals surface area (Å²) in [6, 6.07) is 5.57. The number of amides is 1. The number of hydrogen-bond acceptors (Lipinski definition) is 5. The molecular weight excluding hydrogens is 302 g/mol. The topological polar surface area (TPSA) is 68.0 Å². The van der Waals surface area contributed by atoms with Crippen LogP contribution in [0, 0.1) is 5.92 Å². The number of nitrogens with zero attached hydrogens (tertiary/aromatic N) is 1. The van der Waals surface area contributed by atoms with E-state index in [1.54, 1.807) is 11.8 Å². The fraction of sp³-hybridized carbons (Fsp3) is 0.467. The molecule has 0 bridgehead atoms. The molecule has 114 valence electrons. The van der Waals surface area contributed by atoms with E-state index < -0.39 is 0 Å². The largest absolute Gasteiger partial charge is 0.399 e. The highest BCUT2D eigenvalue weighted by molar-refractivity contribution is 8.00. The highest BCUT2D eigenvalue weighted by Gasteiger charge is 2.15. The summed E-state index contributed by atoms with van der Waals surface area (Å²) in [6.45, 7) is 6.32. The van der Waals surface area contributed by atoms with Crippen LogP contribution in [0.25, 0.3) is 10.2 Å². The minimum Gasteiger partial charge on any atom is -0.399 e. The summed E-state index contributed by atoms with van der Waals surface area (Å²) in [4.78, 5) is 16.5. The summed E-state index contributed by atoms with van der Waals surface area (Å²) in [7, 11) is 0. The number of nitrogen functional groups attached to an aromatic ring is 1. The predicted octanol–water partition coefficient (Wildman–Crippen LogP) is 3.98. The fourth-order valence-corrected chi connectivity index (χ4v) is 3.85. The van der Waals surface area contributed by atoms with Gasteiger partial charge in [-0.2, -0.15) is 0 Å². The molecule has 0 radical (unpaired) electrons. The lowest BCUT2D eigenvalue weighted by molar-refractivity contribution is -0.115. The molecule has 0 saturated heterocycles. The number of aromatic nitrogens is 1. The van der Waals surface area contributed by atoms with Gasteiger partial charge < -0.3 is 11.1 Å². The summed E-state index contributed by atoms with van der Waals surface area (Å²) >= 11 is 3.14. The second kappa shape index (κ2) is 7.13. The van der Waals surface area contributed by atoms with E-state index in [-0.39, 0.29) is 11.2 Å². The van der Waals surface area contributed by atoms with E-state index in [1.165, 1.54) is 11.3 Å². The fourth-order valence-electron chi connectivity index (χ4n) is 1.76. The van der Waals surface area contributed by atoms with Crippen LogP contribution in [-0.2, 0) is 4.79 Å². The first-order chi connectivity index (χ1) is 9.95. The molecule has 2 rings (SSSR count). The number of hydrogen-bond donors (Lipinski definition) is 2. The zero-order valence-corrected chi connectivity index (χ0v) is 14.2. The van der Waals surface area contributed by atoms with E-state index in [0.717, 1.165) is 22.4 Å². The van der Waals surface area contributed by atoms with Gasteiger partial charge in [-0.25, -0.2) is 4.98 Å². The van der Waals surface area contributed by atoms with Gasteiger partial charge in [0.15, 0.2) is 5.13 Å². The zero-order chi connectivity index (χ0) is 15.4. The number of benzene rings is 1. The van der Waals surface area contributed by atoms with Crippen LogP contribution in [0.1, 0.15) is 27.2 Å². The third kappa shape index (κ3) is 4.61. The summed E-state index contributed by atoms with van der Waals surface area (Å²) in [6.07, 6.45) is 1.13. The Morgan fingerprint density at radius 3 is 2.90 bits per heavy atom. The Kier molecular flexibility index (Phi) is 5.47. The molecule has 0 aliphatic carbocycles. The lowest BCUT2D eigenvalue weighted by atomic mass is 10.2. The van der Waals surface area contributed by atoms with E-state index >= 15 is 0 Å². The van der Waals surface area contributed by atoms with Gasteiger partial charge in [0.25, 0.3) is 0 Å². The molecule has 1 unspecified atom stereocenters. The van der Waals surface area contributed by atoms with Crippen LogP contribution < -0.4 is 11.1 Å². The van der Waals surface area contributed by atoms with Gasteiger partial charge in [-0.05, 0) is 43.2 Å². The smallest absolute Gasteiger partial charge is 0.238 e. The van der Waals surface area contributed by atoms with Crippen LogP contribution in [0.3, 0.4) is 0 Å². The van der Waals surface area contributed by atoms with E-state index in [4.69, 9.17) is 5.73 Å². The maximum absolute atomic E-state index is 12.1. The van der Waals surface area contributed by atoms with Crippen molar-refractivity contribution in [1.29, 1.82) is 0 Å². The molecule has 1 amide bonds. The molecule has 3 N–H and O–H groups in total. The van der Waals surface area contributed by atoms with Crippen LogP contribution in [0.2, 0.25) is 0 Å². The van der Waals surface area contributed by atoms with Crippen molar-refractivity contribution < 1.29 is 4.79 Å². The van der Waals surface area contributed by atoms with Gasteiger partial charge >= 0.3 is 0 Å². The Balaban J connectivity index is 1.94. The van der Waals surface area contributed by atoms with Gasteiger partial charge in [0.1, 0.15) is 0 Å². The van der Waals surface area contributed by atoms with Crippen molar-refractivity contribution in [3.63, 3.8) is 0 Å². The van der Waals surface area contributed by atoms with Gasteiger partial charge in [-0.3, -0.25) is 4.79 Å². The molecule has 0 spiro atoms. The molecule has 1 aromatic carbocycles. The summed E-state index contributed by atoms with van der Waals surface area (Å²) in [5, 5.41) is 3.46. The number of carbonyl (C=O) groups is 1. The highest BCUT2D eigenvalue weighted by atomic mass is 32.2. The second-order valence-electron chi connectivity index (χ2n) is 5.43. The van der Waals surface area contributed by atoms with Crippen LogP contribution in [0.15, 0.2) is 18.2 Å². The van der Waals surface area contributed by atoms with Gasteiger partial charge in [-0.1, -0.05) is 25.2 Å². The van der Waals surface area contributed by atoms with E-state index in [1.807, 2.05) is 25.1 Å². The minimum absolute atomic E-state index is 0.00999. The van der Waals surface area contributed by atoms with Crippen LogP contribution in [-0.4, -0.2) is 21.9 Å². The van der Waals surface area contributed by atoms with Crippen molar-refractivity contribution in [2.24, 2.45) is 5.92 Å². The number of anilines is 2. The maximum Gasteiger partial charge on any atom is 0.238 e. The normalized spacial score (nSPS) is 12.8. The quantitative estimate of drug-likeness (QED) is 0.789. The average molecular weight is 323 g/mol. The number of carbonyl (C=O) groups excluding carboxylic acids is 1. The van der Waals surface area contributed by atoms with Crippen molar-refractivity contribution in [2.75, 3.05) is 16.8 Å². The van der Waals surface area contributed by atoms with E-state index in [0.29, 0.717) is 16.7 Å². The third-order valence-corrected chi connectivity index (χ3v) is 5.19. The maximum atomic E-state index is 12.1. The molecule has 6 heteroatoms. The van der Waals surface area contributed by atoms with Gasteiger partial charge in [-0.15, -0.1) is 11.8 Å². The van der Waals surface area contributed by atoms with Crippen molar-refractivity contribution in [3.05, 3.63) is 18.2 Å². The van der Waals surface area contributed by atoms with Crippen molar-refractivity contribution in [2.45, 2.75) is 32.4 Å². The number of nitrogens with one attached hydrogen (secondary N) is 1. The summed E-state index contributed by atoms with van der Waals surface area (Å²) in [5.74, 6) is 1.68. The average Bonchev–Trinajstić information content (AvgIpc) is 2.79. The Morgan fingerprint density at radius 2 is 2.19 bits per heavy atom. The van der Waals surface area contributed by atoms with Gasteiger partial charge in [0.05, 0.1) is 15.5 Å². The first-order valence-corrected chi connectivity index (χ1v) is 8.90. The predicted molar refractivity (Wildman–Crippen MR) is 94.0 cm³/mol. The molecule has 4 nitrogen and oxygen atoms in total. The molecule has 1 atom stereocenters. The number of thiazole rings is 1. The zero-order valence-electron chi connectivity index (χ0n) is 12.6. The second-order valence-corrected chi connectivity index (χ2v) is 7.91. The van der Waals surface area contributed by atoms with Crippen molar-refractivity contribution in [1.82, 2.24) is 4.98 Å². The number of rotatable bonds is 6. The number of fused-ring (bicyclic) bond motifs is 1. The number of thioether (sulfide) groups is 1. The minimum atomic E-state index is -0.0687. The molecule has 0 fully saturated rings. The number of nitrogens with two attached hydrogens (primary N) is 1. The molecular formula is C15H21N3OS2. The third-order valence-electron chi connectivity index (χ3n) is 3.07. The van der Waals surface area contributed by atoms with Crippen LogP contribution in [0.5, 0.6) is 0 Å². The van der Waals surface area contributed by atoms with Crippen molar-refractivity contribution >= 4 is 50.0 Å². The van der Waals surface area contributed by atoms with Crippen LogP contribution in [0.4, 0.5) is 10.8 Å². The molecule has 0 saturated carbocycles. The molecule has 1 aromatic heterocycles. The molecule has 21 heavy (non-hydrogen) atoms. The molecule has 1 heterocycles.